The second kappa shape index (κ2) is 11.4. The number of halogens is 1. The molecular weight excluding hydrogens is 480 g/mol. The Morgan fingerprint density at radius 3 is 2.24 bits per heavy atom. The largest absolute Gasteiger partial charge is 0.492 e. The van der Waals surface area contributed by atoms with E-state index in [1.807, 2.05) is 25.3 Å². The van der Waals surface area contributed by atoms with Crippen molar-refractivity contribution in [3.63, 3.8) is 0 Å². The van der Waals surface area contributed by atoms with E-state index in [2.05, 4.69) is 5.32 Å². The molecule has 6 nitrogen and oxygen atoms in total. The molecule has 0 aliphatic carbocycles. The molecule has 0 radical (unpaired) electrons. The van der Waals surface area contributed by atoms with Gasteiger partial charge in [-0.15, -0.1) is 11.8 Å². The number of rotatable bonds is 10. The van der Waals surface area contributed by atoms with Crippen LogP contribution in [-0.4, -0.2) is 40.3 Å². The Balaban J connectivity index is 1.70. The van der Waals surface area contributed by atoms with Gasteiger partial charge in [0.25, 0.3) is 10.0 Å². The number of amides is 1. The second-order valence-electron chi connectivity index (χ2n) is 7.18. The fourth-order valence-corrected chi connectivity index (χ4v) is 4.93. The summed E-state index contributed by atoms with van der Waals surface area (Å²) in [6.07, 6.45) is 1.92. The number of anilines is 1. The first-order valence-electron chi connectivity index (χ1n) is 10.2. The predicted molar refractivity (Wildman–Crippen MR) is 134 cm³/mol. The molecule has 9 heteroatoms. The number of sulfonamides is 1. The Kier molecular flexibility index (Phi) is 8.66. The molecule has 0 saturated carbocycles. The third-order valence-electron chi connectivity index (χ3n) is 4.76. The number of ether oxygens (including phenoxy) is 1. The zero-order valence-corrected chi connectivity index (χ0v) is 20.7. The minimum atomic E-state index is -3.95. The van der Waals surface area contributed by atoms with Gasteiger partial charge in [-0.2, -0.15) is 0 Å². The molecule has 0 aliphatic rings. The van der Waals surface area contributed by atoms with Gasteiger partial charge in [0.2, 0.25) is 5.91 Å². The van der Waals surface area contributed by atoms with Crippen molar-refractivity contribution in [1.29, 1.82) is 0 Å². The quantitative estimate of drug-likeness (QED) is 0.318. The number of aryl methyl sites for hydroxylation is 1. The van der Waals surface area contributed by atoms with E-state index in [9.17, 15) is 13.2 Å². The van der Waals surface area contributed by atoms with Gasteiger partial charge in [-0.1, -0.05) is 29.3 Å². The average molecular weight is 505 g/mol. The normalized spacial score (nSPS) is 11.1. The van der Waals surface area contributed by atoms with Crippen LogP contribution in [0.4, 0.5) is 5.69 Å². The molecule has 174 valence electrons. The molecule has 0 heterocycles. The van der Waals surface area contributed by atoms with Crippen molar-refractivity contribution in [3.05, 3.63) is 83.4 Å². The zero-order valence-electron chi connectivity index (χ0n) is 18.3. The highest BCUT2D eigenvalue weighted by atomic mass is 35.5. The first-order valence-corrected chi connectivity index (χ1v) is 13.2. The maximum absolute atomic E-state index is 13.4. The summed E-state index contributed by atoms with van der Waals surface area (Å²) in [6, 6.07) is 20.5. The third kappa shape index (κ3) is 6.90. The summed E-state index contributed by atoms with van der Waals surface area (Å²) in [5.74, 6) is 0.200. The maximum Gasteiger partial charge on any atom is 0.264 e. The highest BCUT2D eigenvalue weighted by Gasteiger charge is 2.27. The molecule has 1 N–H and O–H groups in total. The number of hydrogen-bond acceptors (Lipinski definition) is 5. The molecule has 3 aromatic rings. The molecule has 0 spiro atoms. The van der Waals surface area contributed by atoms with Crippen molar-refractivity contribution in [1.82, 2.24) is 5.32 Å². The fraction of sp³-hybridized carbons (Fsp3) is 0.208. The van der Waals surface area contributed by atoms with Crippen LogP contribution in [0.3, 0.4) is 0 Å². The monoisotopic (exact) mass is 504 g/mol. The van der Waals surface area contributed by atoms with E-state index in [0.717, 1.165) is 14.8 Å². The molecule has 33 heavy (non-hydrogen) atoms. The van der Waals surface area contributed by atoms with Gasteiger partial charge in [-0.25, -0.2) is 8.42 Å². The number of carbonyl (C=O) groups excluding carboxylic acids is 1. The Morgan fingerprint density at radius 1 is 1.00 bits per heavy atom. The van der Waals surface area contributed by atoms with Crippen LogP contribution in [0.1, 0.15) is 5.56 Å². The van der Waals surface area contributed by atoms with Crippen molar-refractivity contribution in [2.24, 2.45) is 0 Å². The Morgan fingerprint density at radius 2 is 1.64 bits per heavy atom. The van der Waals surface area contributed by atoms with Crippen molar-refractivity contribution in [2.45, 2.75) is 16.7 Å². The first kappa shape index (κ1) is 25.0. The minimum Gasteiger partial charge on any atom is -0.492 e. The number of thioether (sulfide) groups is 1. The van der Waals surface area contributed by atoms with E-state index in [1.54, 1.807) is 60.7 Å². The average Bonchev–Trinajstić information content (AvgIpc) is 2.82. The van der Waals surface area contributed by atoms with Gasteiger partial charge in [0.15, 0.2) is 0 Å². The molecule has 0 unspecified atom stereocenters. The van der Waals surface area contributed by atoms with Crippen molar-refractivity contribution in [3.8, 4) is 5.75 Å². The summed E-state index contributed by atoms with van der Waals surface area (Å²) in [7, 11) is -3.95. The van der Waals surface area contributed by atoms with E-state index in [4.69, 9.17) is 16.3 Å². The summed E-state index contributed by atoms with van der Waals surface area (Å²) >= 11 is 7.38. The van der Waals surface area contributed by atoms with Gasteiger partial charge in [0.1, 0.15) is 18.9 Å². The van der Waals surface area contributed by atoms with Gasteiger partial charge in [-0.3, -0.25) is 9.10 Å². The van der Waals surface area contributed by atoms with E-state index in [1.165, 1.54) is 11.8 Å². The Labute approximate surface area is 204 Å². The first-order chi connectivity index (χ1) is 15.8. The number of nitrogens with one attached hydrogen (secondary N) is 1. The molecular formula is C24H25ClN2O4S2. The smallest absolute Gasteiger partial charge is 0.264 e. The van der Waals surface area contributed by atoms with Gasteiger partial charge in [-0.05, 0) is 73.8 Å². The van der Waals surface area contributed by atoms with Crippen LogP contribution in [0.2, 0.25) is 5.02 Å². The lowest BCUT2D eigenvalue weighted by Gasteiger charge is -2.24. The van der Waals surface area contributed by atoms with Gasteiger partial charge >= 0.3 is 0 Å². The lowest BCUT2D eigenvalue weighted by molar-refractivity contribution is -0.119. The molecule has 3 rings (SSSR count). The molecule has 0 saturated heterocycles. The zero-order chi connectivity index (χ0) is 23.8. The summed E-state index contributed by atoms with van der Waals surface area (Å²) in [5.41, 5.74) is 1.41. The maximum atomic E-state index is 13.4. The third-order valence-corrected chi connectivity index (χ3v) is 7.55. The summed E-state index contributed by atoms with van der Waals surface area (Å²) in [5, 5.41) is 3.33. The van der Waals surface area contributed by atoms with E-state index >= 15 is 0 Å². The van der Waals surface area contributed by atoms with Crippen molar-refractivity contribution < 1.29 is 17.9 Å². The van der Waals surface area contributed by atoms with Crippen LogP contribution < -0.4 is 14.4 Å². The number of benzene rings is 3. The van der Waals surface area contributed by atoms with Crippen LogP contribution in [0.5, 0.6) is 5.75 Å². The van der Waals surface area contributed by atoms with Crippen molar-refractivity contribution in [2.75, 3.05) is 30.3 Å². The summed E-state index contributed by atoms with van der Waals surface area (Å²) < 4.78 is 33.5. The van der Waals surface area contributed by atoms with Crippen LogP contribution in [0, 0.1) is 6.92 Å². The highest BCUT2D eigenvalue weighted by molar-refractivity contribution is 7.98. The van der Waals surface area contributed by atoms with Gasteiger partial charge < -0.3 is 10.1 Å². The van der Waals surface area contributed by atoms with Gasteiger partial charge in [0.05, 0.1) is 17.1 Å². The Bertz CT molecular complexity index is 1170. The summed E-state index contributed by atoms with van der Waals surface area (Å²) in [4.78, 5) is 13.7. The number of hydrogen-bond donors (Lipinski definition) is 1. The lowest BCUT2D eigenvalue weighted by Crippen LogP contribution is -2.41. The minimum absolute atomic E-state index is 0.125. The second-order valence-corrected chi connectivity index (χ2v) is 10.4. The van der Waals surface area contributed by atoms with Crippen LogP contribution in [0.25, 0.3) is 0 Å². The highest BCUT2D eigenvalue weighted by Crippen LogP contribution is 2.25. The predicted octanol–water partition coefficient (Wildman–Crippen LogP) is 4.76. The molecule has 0 aromatic heterocycles. The summed E-state index contributed by atoms with van der Waals surface area (Å²) in [6.45, 7) is 2.03. The van der Waals surface area contributed by atoms with Crippen LogP contribution in [-0.2, 0) is 14.8 Å². The topological polar surface area (TPSA) is 75.7 Å². The standard InChI is InChI=1S/C24H25ClN2O4S2/c1-18-3-7-20(8-4-18)27(33(29,30)23-13-11-22(32-2)12-14-23)17-24(28)26-15-16-31-21-9-5-19(25)6-10-21/h3-14H,15-17H2,1-2H3,(H,26,28). The molecule has 0 bridgehead atoms. The van der Waals surface area contributed by atoms with Gasteiger partial charge in [0, 0.05) is 9.92 Å². The van der Waals surface area contributed by atoms with Crippen LogP contribution in [0.15, 0.2) is 82.6 Å². The van der Waals surface area contributed by atoms with E-state index in [0.29, 0.717) is 16.5 Å². The number of carbonyl (C=O) groups is 1. The van der Waals surface area contributed by atoms with Crippen LogP contribution >= 0.6 is 23.4 Å². The van der Waals surface area contributed by atoms with E-state index < -0.39 is 15.9 Å². The molecule has 0 fully saturated rings. The SMILES string of the molecule is CSc1ccc(S(=O)(=O)N(CC(=O)NCCOc2ccc(Cl)cc2)c2ccc(C)cc2)cc1. The lowest BCUT2D eigenvalue weighted by atomic mass is 10.2. The Hall–Kier alpha value is -2.68. The molecule has 3 aromatic carbocycles. The van der Waals surface area contributed by atoms with Crippen molar-refractivity contribution >= 4 is 45.0 Å². The fourth-order valence-electron chi connectivity index (χ4n) is 2.98. The molecule has 0 atom stereocenters. The number of nitrogens with zero attached hydrogens (tertiary/aromatic N) is 1. The molecule has 1 amide bonds. The van der Waals surface area contributed by atoms with E-state index in [-0.39, 0.29) is 24.6 Å². The molecule has 0 aliphatic heterocycles.